The van der Waals surface area contributed by atoms with Gasteiger partial charge in [-0.25, -0.2) is 10.2 Å². The van der Waals surface area contributed by atoms with Gasteiger partial charge in [0, 0.05) is 5.56 Å². The van der Waals surface area contributed by atoms with Crippen LogP contribution in [0.5, 0.6) is 11.5 Å². The normalized spacial score (nSPS) is 14.7. The van der Waals surface area contributed by atoms with Crippen molar-refractivity contribution in [2.45, 2.75) is 13.0 Å². The Hall–Kier alpha value is -4.59. The Balaban J connectivity index is 1.19. The van der Waals surface area contributed by atoms with Crippen molar-refractivity contribution in [1.29, 1.82) is 0 Å². The minimum atomic E-state index is -0.828. The number of hydrogen-bond donors (Lipinski definition) is 1. The molecule has 0 radical (unpaired) electrons. The first-order valence-corrected chi connectivity index (χ1v) is 11.1. The minimum absolute atomic E-state index is 0.0827. The molecule has 0 unspecified atom stereocenters. The zero-order valence-electron chi connectivity index (χ0n) is 18.9. The van der Waals surface area contributed by atoms with E-state index >= 15 is 0 Å². The molecule has 1 aliphatic rings. The van der Waals surface area contributed by atoms with Crippen LogP contribution >= 0.6 is 0 Å². The summed E-state index contributed by atoms with van der Waals surface area (Å²) in [4.78, 5) is 24.3. The molecule has 1 atom stereocenters. The van der Waals surface area contributed by atoms with Gasteiger partial charge in [0.1, 0.15) is 18.1 Å². The largest absolute Gasteiger partial charge is 0.485 e. The SMILES string of the molecule is CCOC(=O)c1ccc(-c2ccc(/C=N/NC(=O)[C@@H]3COc4cc5ccccc5cc4O3)o2)cc1. The van der Waals surface area contributed by atoms with Gasteiger partial charge >= 0.3 is 5.97 Å². The van der Waals surface area contributed by atoms with Crippen molar-refractivity contribution in [1.82, 2.24) is 5.43 Å². The third-order valence-corrected chi connectivity index (χ3v) is 5.44. The highest BCUT2D eigenvalue weighted by molar-refractivity contribution is 5.90. The maximum Gasteiger partial charge on any atom is 0.338 e. The van der Waals surface area contributed by atoms with Crippen molar-refractivity contribution in [3.05, 3.63) is 84.1 Å². The number of hydrazone groups is 1. The zero-order chi connectivity index (χ0) is 24.2. The molecular weight excluding hydrogens is 448 g/mol. The molecule has 2 heterocycles. The van der Waals surface area contributed by atoms with E-state index in [1.54, 1.807) is 43.3 Å². The van der Waals surface area contributed by atoms with Crippen LogP contribution in [0.2, 0.25) is 0 Å². The molecular formula is C27H22N2O6. The number of amides is 1. The van der Waals surface area contributed by atoms with Crippen LogP contribution in [0.15, 0.2) is 82.3 Å². The summed E-state index contributed by atoms with van der Waals surface area (Å²) in [5, 5.41) is 6.01. The molecule has 1 amide bonds. The first kappa shape index (κ1) is 22.2. The molecule has 176 valence electrons. The molecule has 8 nitrogen and oxygen atoms in total. The number of benzene rings is 3. The molecule has 0 saturated carbocycles. The summed E-state index contributed by atoms with van der Waals surface area (Å²) in [5.74, 6) is 1.37. The van der Waals surface area contributed by atoms with Gasteiger partial charge < -0.3 is 18.6 Å². The number of furan rings is 1. The van der Waals surface area contributed by atoms with Crippen LogP contribution < -0.4 is 14.9 Å². The third-order valence-electron chi connectivity index (χ3n) is 5.44. The fraction of sp³-hybridized carbons (Fsp3) is 0.148. The third kappa shape index (κ3) is 4.86. The van der Waals surface area contributed by atoms with Crippen molar-refractivity contribution in [2.75, 3.05) is 13.2 Å². The van der Waals surface area contributed by atoms with E-state index in [2.05, 4.69) is 10.5 Å². The van der Waals surface area contributed by atoms with Crippen LogP contribution in [0.1, 0.15) is 23.0 Å². The Bertz CT molecular complexity index is 1410. The van der Waals surface area contributed by atoms with E-state index in [1.165, 1.54) is 6.21 Å². The fourth-order valence-electron chi connectivity index (χ4n) is 3.68. The van der Waals surface area contributed by atoms with E-state index in [-0.39, 0.29) is 12.6 Å². The Kier molecular flexibility index (Phi) is 6.17. The molecule has 3 aromatic carbocycles. The second kappa shape index (κ2) is 9.72. The molecule has 1 aromatic heterocycles. The average Bonchev–Trinajstić information content (AvgIpc) is 3.36. The van der Waals surface area contributed by atoms with E-state index < -0.39 is 12.0 Å². The Labute approximate surface area is 201 Å². The van der Waals surface area contributed by atoms with Crippen molar-refractivity contribution < 1.29 is 28.2 Å². The number of hydrogen-bond acceptors (Lipinski definition) is 7. The van der Waals surface area contributed by atoms with Crippen LogP contribution in [0.25, 0.3) is 22.1 Å². The second-order valence-corrected chi connectivity index (χ2v) is 7.80. The number of carbonyl (C=O) groups excluding carboxylic acids is 2. The summed E-state index contributed by atoms with van der Waals surface area (Å²) in [6, 6.07) is 22.0. The molecule has 0 bridgehead atoms. The fourth-order valence-corrected chi connectivity index (χ4v) is 3.68. The second-order valence-electron chi connectivity index (χ2n) is 7.80. The monoisotopic (exact) mass is 470 g/mol. The Morgan fingerprint density at radius 1 is 1.03 bits per heavy atom. The summed E-state index contributed by atoms with van der Waals surface area (Å²) < 4.78 is 22.3. The van der Waals surface area contributed by atoms with E-state index in [0.29, 0.717) is 35.2 Å². The molecule has 1 N–H and O–H groups in total. The lowest BCUT2D eigenvalue weighted by molar-refractivity contribution is -0.130. The van der Waals surface area contributed by atoms with Crippen molar-refractivity contribution >= 4 is 28.9 Å². The Morgan fingerprint density at radius 2 is 1.77 bits per heavy atom. The summed E-state index contributed by atoms with van der Waals surface area (Å²) in [6.07, 6.45) is 0.574. The van der Waals surface area contributed by atoms with Gasteiger partial charge in [-0.3, -0.25) is 4.79 Å². The standard InChI is InChI=1S/C27H22N2O6/c1-2-32-27(31)18-9-7-17(8-10-18)22-12-11-21(34-22)15-28-29-26(30)25-16-33-23-13-19-5-3-4-6-20(19)14-24(23)35-25/h3-15,25H,2,16H2,1H3,(H,29,30)/b28-15+/t25-/m0/s1. The van der Waals surface area contributed by atoms with Crippen molar-refractivity contribution in [3.8, 4) is 22.8 Å². The van der Waals surface area contributed by atoms with Gasteiger partial charge in [0.2, 0.25) is 6.10 Å². The number of nitrogens with one attached hydrogen (secondary N) is 1. The summed E-state index contributed by atoms with van der Waals surface area (Å²) in [6.45, 7) is 2.17. The molecule has 4 aromatic rings. The predicted molar refractivity (Wildman–Crippen MR) is 130 cm³/mol. The minimum Gasteiger partial charge on any atom is -0.485 e. The van der Waals surface area contributed by atoms with Gasteiger partial charge in [-0.2, -0.15) is 5.10 Å². The average molecular weight is 470 g/mol. The molecule has 1 aliphatic heterocycles. The quantitative estimate of drug-likeness (QED) is 0.252. The summed E-state index contributed by atoms with van der Waals surface area (Å²) >= 11 is 0. The first-order valence-electron chi connectivity index (χ1n) is 11.1. The lowest BCUT2D eigenvalue weighted by atomic mass is 10.1. The number of rotatable bonds is 6. The molecule has 0 spiro atoms. The zero-order valence-corrected chi connectivity index (χ0v) is 18.9. The molecule has 0 fully saturated rings. The van der Waals surface area contributed by atoms with E-state index in [1.807, 2.05) is 36.4 Å². The molecule has 5 rings (SSSR count). The van der Waals surface area contributed by atoms with Crippen LogP contribution in [-0.4, -0.2) is 37.4 Å². The predicted octanol–water partition coefficient (Wildman–Crippen LogP) is 4.57. The summed E-state index contributed by atoms with van der Waals surface area (Å²) in [7, 11) is 0. The van der Waals surface area contributed by atoms with Crippen LogP contribution in [0.4, 0.5) is 0 Å². The first-order chi connectivity index (χ1) is 17.1. The smallest absolute Gasteiger partial charge is 0.338 e. The van der Waals surface area contributed by atoms with Crippen LogP contribution in [0.3, 0.4) is 0 Å². The van der Waals surface area contributed by atoms with Crippen LogP contribution in [-0.2, 0) is 9.53 Å². The highest BCUT2D eigenvalue weighted by Crippen LogP contribution is 2.35. The number of fused-ring (bicyclic) bond motifs is 2. The molecule has 35 heavy (non-hydrogen) atoms. The van der Waals surface area contributed by atoms with Gasteiger partial charge in [-0.1, -0.05) is 36.4 Å². The lowest BCUT2D eigenvalue weighted by Crippen LogP contribution is -2.42. The highest BCUT2D eigenvalue weighted by Gasteiger charge is 2.27. The van der Waals surface area contributed by atoms with Crippen molar-refractivity contribution in [2.24, 2.45) is 5.10 Å². The van der Waals surface area contributed by atoms with Gasteiger partial charge in [0.25, 0.3) is 5.91 Å². The maximum atomic E-state index is 12.5. The van der Waals surface area contributed by atoms with Crippen LogP contribution in [0, 0.1) is 0 Å². The van der Waals surface area contributed by atoms with Gasteiger partial charge in [0.15, 0.2) is 11.5 Å². The molecule has 8 heteroatoms. The number of esters is 1. The maximum absolute atomic E-state index is 12.5. The molecule has 0 saturated heterocycles. The highest BCUT2D eigenvalue weighted by atomic mass is 16.6. The number of carbonyl (C=O) groups is 2. The van der Waals surface area contributed by atoms with Gasteiger partial charge in [-0.05, 0) is 54.1 Å². The Morgan fingerprint density at radius 3 is 2.51 bits per heavy atom. The molecule has 0 aliphatic carbocycles. The number of ether oxygens (including phenoxy) is 3. The van der Waals surface area contributed by atoms with Gasteiger partial charge in [0.05, 0.1) is 18.4 Å². The topological polar surface area (TPSA) is 99.4 Å². The van der Waals surface area contributed by atoms with E-state index in [9.17, 15) is 9.59 Å². The number of nitrogens with zero attached hydrogens (tertiary/aromatic N) is 1. The van der Waals surface area contributed by atoms with Gasteiger partial charge in [-0.15, -0.1) is 0 Å². The summed E-state index contributed by atoms with van der Waals surface area (Å²) in [5.41, 5.74) is 3.73. The van der Waals surface area contributed by atoms with Crippen molar-refractivity contribution in [3.63, 3.8) is 0 Å². The lowest BCUT2D eigenvalue weighted by Gasteiger charge is -2.25. The van der Waals surface area contributed by atoms with E-state index in [0.717, 1.165) is 16.3 Å². The van der Waals surface area contributed by atoms with E-state index in [4.69, 9.17) is 18.6 Å².